The van der Waals surface area contributed by atoms with Gasteiger partial charge in [-0.1, -0.05) is 0 Å². The maximum absolute atomic E-state index is 12.0. The number of carbonyl (C=O) groups is 1. The molecule has 1 aliphatic rings. The zero-order valence-electron chi connectivity index (χ0n) is 20.8. The Morgan fingerprint density at radius 2 is 2.08 bits per heavy atom. The fourth-order valence-electron chi connectivity index (χ4n) is 4.39. The quantitative estimate of drug-likeness (QED) is 0.330. The average molecular weight is 541 g/mol. The van der Waals surface area contributed by atoms with Gasteiger partial charge >= 0.3 is 6.09 Å². The van der Waals surface area contributed by atoms with Crippen molar-refractivity contribution in [3.05, 3.63) is 60.0 Å². The van der Waals surface area contributed by atoms with Crippen LogP contribution in [0.5, 0.6) is 17.4 Å². The molecule has 12 heteroatoms. The van der Waals surface area contributed by atoms with E-state index in [9.17, 15) is 9.90 Å². The summed E-state index contributed by atoms with van der Waals surface area (Å²) >= 11 is 1.46. The van der Waals surface area contributed by atoms with E-state index in [1.165, 1.54) is 29.7 Å². The number of nitrogens with zero attached hydrogens (tertiary/aromatic N) is 6. The predicted molar refractivity (Wildman–Crippen MR) is 144 cm³/mol. The third-order valence-electron chi connectivity index (χ3n) is 6.18. The molecule has 2 aromatic carbocycles. The number of aryl methyl sites for hydroxylation is 1. The van der Waals surface area contributed by atoms with Crippen molar-refractivity contribution in [3.63, 3.8) is 0 Å². The van der Waals surface area contributed by atoms with Crippen LogP contribution < -0.4 is 19.1 Å². The van der Waals surface area contributed by atoms with Crippen LogP contribution in [-0.4, -0.2) is 57.5 Å². The van der Waals surface area contributed by atoms with E-state index in [4.69, 9.17) is 24.5 Å². The number of nitriles is 1. The molecule has 1 atom stereocenters. The Balaban J connectivity index is 1.30. The Bertz CT molecular complexity index is 1780. The van der Waals surface area contributed by atoms with Crippen molar-refractivity contribution in [1.29, 1.82) is 5.26 Å². The SMILES string of the molecule is COc1cnc2c(-c3nc4ccc5c(c4s3)OC[C@@H](CN(C(=O)O)c3ccc(C#N)nc3)O5)cc(C)cc2n1. The molecule has 11 nitrogen and oxygen atoms in total. The van der Waals surface area contributed by atoms with Gasteiger partial charge in [-0.15, -0.1) is 11.3 Å². The van der Waals surface area contributed by atoms with Crippen molar-refractivity contribution in [2.75, 3.05) is 25.2 Å². The summed E-state index contributed by atoms with van der Waals surface area (Å²) in [5.41, 5.74) is 4.61. The molecule has 5 aromatic rings. The molecule has 1 N–H and O–H groups in total. The number of ether oxygens (including phenoxy) is 3. The first-order valence-electron chi connectivity index (χ1n) is 11.8. The van der Waals surface area contributed by atoms with Crippen molar-refractivity contribution in [1.82, 2.24) is 19.9 Å². The molecule has 4 heterocycles. The number of thiazole rings is 1. The number of hydrogen-bond donors (Lipinski definition) is 1. The van der Waals surface area contributed by atoms with E-state index in [0.717, 1.165) is 36.8 Å². The molecular formula is C27H20N6O5S. The van der Waals surface area contributed by atoms with Gasteiger partial charge < -0.3 is 19.3 Å². The standard InChI is InChI=1S/C27H20N6O5S/c1-14-7-18(23-20(8-14)31-22(36-2)11-30-23)26-32-19-5-6-21-24(25(19)39-26)37-13-17(38-21)12-33(27(34)35)16-4-3-15(9-28)29-10-16/h3-8,10-11,17H,12-13H2,1-2H3,(H,34,35)/t17-/m1/s1. The molecule has 194 valence electrons. The lowest BCUT2D eigenvalue weighted by molar-refractivity contribution is 0.0962. The minimum absolute atomic E-state index is 0.0196. The molecule has 0 bridgehead atoms. The second-order valence-corrected chi connectivity index (χ2v) is 9.81. The summed E-state index contributed by atoms with van der Waals surface area (Å²) in [4.78, 5) is 31.0. The van der Waals surface area contributed by atoms with Gasteiger partial charge in [-0.05, 0) is 48.9 Å². The largest absolute Gasteiger partial charge is 0.484 e. The highest BCUT2D eigenvalue weighted by molar-refractivity contribution is 7.22. The summed E-state index contributed by atoms with van der Waals surface area (Å²) in [5, 5.41) is 19.5. The number of aromatic nitrogens is 4. The van der Waals surface area contributed by atoms with Crippen LogP contribution in [0.4, 0.5) is 10.5 Å². The zero-order chi connectivity index (χ0) is 27.1. The van der Waals surface area contributed by atoms with E-state index in [-0.39, 0.29) is 18.8 Å². The summed E-state index contributed by atoms with van der Waals surface area (Å²) in [5.74, 6) is 1.52. The highest BCUT2D eigenvalue weighted by Gasteiger charge is 2.29. The smallest absolute Gasteiger partial charge is 0.411 e. The van der Waals surface area contributed by atoms with Gasteiger partial charge in [0.1, 0.15) is 28.1 Å². The molecule has 1 aliphatic heterocycles. The van der Waals surface area contributed by atoms with E-state index in [1.807, 2.05) is 31.2 Å². The summed E-state index contributed by atoms with van der Waals surface area (Å²) in [6.07, 6.45) is 1.22. The van der Waals surface area contributed by atoms with Gasteiger partial charge in [0, 0.05) is 5.56 Å². The summed E-state index contributed by atoms with van der Waals surface area (Å²) in [7, 11) is 1.55. The fourth-order valence-corrected chi connectivity index (χ4v) is 5.47. The van der Waals surface area contributed by atoms with Crippen LogP contribution in [0.3, 0.4) is 0 Å². The number of benzene rings is 2. The molecule has 0 fully saturated rings. The molecule has 0 aliphatic carbocycles. The van der Waals surface area contributed by atoms with E-state index >= 15 is 0 Å². The molecular weight excluding hydrogens is 520 g/mol. The predicted octanol–water partition coefficient (Wildman–Crippen LogP) is 4.81. The van der Waals surface area contributed by atoms with Gasteiger partial charge in [0.15, 0.2) is 17.6 Å². The van der Waals surface area contributed by atoms with Gasteiger partial charge in [-0.2, -0.15) is 5.26 Å². The number of hydrogen-bond acceptors (Lipinski definition) is 10. The Morgan fingerprint density at radius 3 is 2.82 bits per heavy atom. The van der Waals surface area contributed by atoms with Crippen LogP contribution >= 0.6 is 11.3 Å². The monoisotopic (exact) mass is 540 g/mol. The van der Waals surface area contributed by atoms with Gasteiger partial charge in [-0.25, -0.2) is 24.7 Å². The second kappa shape index (κ2) is 9.70. The van der Waals surface area contributed by atoms with Gasteiger partial charge in [-0.3, -0.25) is 4.90 Å². The first-order chi connectivity index (χ1) is 18.9. The Labute approximate surface area is 225 Å². The molecule has 0 radical (unpaired) electrons. The molecule has 0 unspecified atom stereocenters. The van der Waals surface area contributed by atoms with Crippen molar-refractivity contribution in [3.8, 4) is 34.0 Å². The van der Waals surface area contributed by atoms with E-state index in [2.05, 4.69) is 15.0 Å². The number of amides is 1. The molecule has 6 rings (SSSR count). The van der Waals surface area contributed by atoms with Gasteiger partial charge in [0.05, 0.1) is 48.3 Å². The first-order valence-corrected chi connectivity index (χ1v) is 12.7. The number of anilines is 1. The van der Waals surface area contributed by atoms with E-state index in [1.54, 1.807) is 19.4 Å². The van der Waals surface area contributed by atoms with Crippen LogP contribution in [0, 0.1) is 18.3 Å². The Kier molecular flexibility index (Phi) is 6.05. The minimum Gasteiger partial charge on any atom is -0.484 e. The van der Waals surface area contributed by atoms with Gasteiger partial charge in [0.25, 0.3) is 0 Å². The van der Waals surface area contributed by atoms with Crippen molar-refractivity contribution in [2.24, 2.45) is 0 Å². The number of pyridine rings is 1. The van der Waals surface area contributed by atoms with Crippen LogP contribution in [0.15, 0.2) is 48.8 Å². The molecule has 3 aromatic heterocycles. The molecule has 0 saturated carbocycles. The Hall–Kier alpha value is -5.02. The lowest BCUT2D eigenvalue weighted by atomic mass is 10.1. The second-order valence-electron chi connectivity index (χ2n) is 8.81. The lowest BCUT2D eigenvalue weighted by Crippen LogP contribution is -2.43. The summed E-state index contributed by atoms with van der Waals surface area (Å²) in [6, 6.07) is 12.5. The average Bonchev–Trinajstić information content (AvgIpc) is 3.39. The number of rotatable bonds is 5. The third kappa shape index (κ3) is 4.49. The number of fused-ring (bicyclic) bond motifs is 4. The first kappa shape index (κ1) is 24.3. The maximum atomic E-state index is 12.0. The molecule has 0 saturated heterocycles. The highest BCUT2D eigenvalue weighted by Crippen LogP contribution is 2.44. The number of methoxy groups -OCH3 is 1. The van der Waals surface area contributed by atoms with E-state index < -0.39 is 12.2 Å². The maximum Gasteiger partial charge on any atom is 0.411 e. The summed E-state index contributed by atoms with van der Waals surface area (Å²) < 4.78 is 18.3. The topological polar surface area (TPSA) is 144 Å². The van der Waals surface area contributed by atoms with Crippen molar-refractivity contribution < 1.29 is 24.1 Å². The van der Waals surface area contributed by atoms with Crippen molar-refractivity contribution in [2.45, 2.75) is 13.0 Å². The lowest BCUT2D eigenvalue weighted by Gasteiger charge is -2.30. The minimum atomic E-state index is -1.16. The molecule has 39 heavy (non-hydrogen) atoms. The molecule has 1 amide bonds. The normalized spacial score (nSPS) is 14.2. The Morgan fingerprint density at radius 1 is 1.21 bits per heavy atom. The van der Waals surface area contributed by atoms with Crippen LogP contribution in [0.25, 0.3) is 31.8 Å². The van der Waals surface area contributed by atoms with Crippen LogP contribution in [0.1, 0.15) is 11.3 Å². The molecule has 0 spiro atoms. The third-order valence-corrected chi connectivity index (χ3v) is 7.29. The van der Waals surface area contributed by atoms with Crippen molar-refractivity contribution >= 4 is 44.4 Å². The zero-order valence-corrected chi connectivity index (χ0v) is 21.6. The fraction of sp³-hybridized carbons (Fsp3) is 0.185. The van der Waals surface area contributed by atoms with Gasteiger partial charge in [0.2, 0.25) is 5.88 Å². The van der Waals surface area contributed by atoms with Crippen LogP contribution in [0.2, 0.25) is 0 Å². The van der Waals surface area contributed by atoms with E-state index in [0.29, 0.717) is 28.6 Å². The summed E-state index contributed by atoms with van der Waals surface area (Å²) in [6.45, 7) is 2.15. The number of carboxylic acid groups (broad SMARTS) is 1. The highest BCUT2D eigenvalue weighted by atomic mass is 32.1. The van der Waals surface area contributed by atoms with Crippen LogP contribution in [-0.2, 0) is 0 Å².